The van der Waals surface area contributed by atoms with Gasteiger partial charge in [-0.05, 0) is 49.2 Å². The van der Waals surface area contributed by atoms with Crippen LogP contribution in [-0.2, 0) is 14.3 Å². The van der Waals surface area contributed by atoms with Crippen molar-refractivity contribution in [1.29, 1.82) is 5.26 Å². The minimum Gasteiger partial charge on any atom is -0.465 e. The number of nitrogens with one attached hydrogen (secondary N) is 2. The number of rotatable bonds is 5. The number of hydrogen-bond acceptors (Lipinski definition) is 5. The second kappa shape index (κ2) is 7.30. The van der Waals surface area contributed by atoms with Crippen LogP contribution in [0.1, 0.15) is 28.8 Å². The van der Waals surface area contributed by atoms with Crippen LogP contribution < -0.4 is 10.6 Å². The summed E-state index contributed by atoms with van der Waals surface area (Å²) in [6.07, 6.45) is 0.860. The number of ether oxygens (including phenoxy) is 1. The van der Waals surface area contributed by atoms with Crippen LogP contribution in [0.2, 0.25) is 0 Å². The first-order valence-electron chi connectivity index (χ1n) is 8.30. The third kappa shape index (κ3) is 3.65. The number of benzene rings is 2. The predicted octanol–water partition coefficient (Wildman–Crippen LogP) is 2.70. The lowest BCUT2D eigenvalue weighted by Gasteiger charge is -2.16. The Hall–Kier alpha value is -3.66. The molecule has 3 rings (SSSR count). The van der Waals surface area contributed by atoms with Crippen molar-refractivity contribution in [3.05, 3.63) is 59.7 Å². The van der Waals surface area contributed by atoms with Gasteiger partial charge in [0.25, 0.3) is 0 Å². The van der Waals surface area contributed by atoms with E-state index < -0.39 is 23.2 Å². The first-order valence-corrected chi connectivity index (χ1v) is 8.30. The van der Waals surface area contributed by atoms with Gasteiger partial charge in [0, 0.05) is 5.69 Å². The fraction of sp³-hybridized carbons (Fsp3) is 0.200. The molecule has 0 bridgehead atoms. The average molecular weight is 363 g/mol. The van der Waals surface area contributed by atoms with E-state index in [0.29, 0.717) is 35.3 Å². The van der Waals surface area contributed by atoms with Crippen LogP contribution in [0.4, 0.5) is 11.4 Å². The van der Waals surface area contributed by atoms with Gasteiger partial charge in [-0.1, -0.05) is 12.1 Å². The van der Waals surface area contributed by atoms with Gasteiger partial charge in [0.15, 0.2) is 0 Å². The predicted molar refractivity (Wildman–Crippen MR) is 97.9 cm³/mol. The third-order valence-corrected chi connectivity index (χ3v) is 4.48. The highest BCUT2D eigenvalue weighted by Gasteiger charge is 2.56. The average Bonchev–Trinajstić information content (AvgIpc) is 3.50. The Morgan fingerprint density at radius 2 is 1.63 bits per heavy atom. The Kier molecular flexibility index (Phi) is 4.90. The van der Waals surface area contributed by atoms with Crippen LogP contribution in [0.5, 0.6) is 0 Å². The summed E-state index contributed by atoms with van der Waals surface area (Å²) in [6, 6.07) is 14.8. The van der Waals surface area contributed by atoms with Crippen molar-refractivity contribution in [1.82, 2.24) is 0 Å². The van der Waals surface area contributed by atoms with E-state index >= 15 is 0 Å². The maximum absolute atomic E-state index is 12.6. The van der Waals surface area contributed by atoms with Crippen molar-refractivity contribution < 1.29 is 19.1 Å². The number of hydrogen-bond donors (Lipinski definition) is 2. The largest absolute Gasteiger partial charge is 0.465 e. The molecule has 1 aliphatic rings. The van der Waals surface area contributed by atoms with Crippen molar-refractivity contribution >= 4 is 29.2 Å². The van der Waals surface area contributed by atoms with Crippen LogP contribution in [0.3, 0.4) is 0 Å². The zero-order valence-electron chi connectivity index (χ0n) is 14.6. The summed E-state index contributed by atoms with van der Waals surface area (Å²) in [7, 11) is 1.29. The number of carbonyl (C=O) groups is 3. The number of para-hydroxylation sites is 1. The normalized spacial score (nSPS) is 13.8. The Morgan fingerprint density at radius 1 is 1.00 bits per heavy atom. The van der Waals surface area contributed by atoms with Gasteiger partial charge in [-0.15, -0.1) is 0 Å². The van der Waals surface area contributed by atoms with E-state index in [1.54, 1.807) is 36.4 Å². The summed E-state index contributed by atoms with van der Waals surface area (Å²) in [4.78, 5) is 36.7. The zero-order chi connectivity index (χ0) is 19.4. The number of nitriles is 1. The van der Waals surface area contributed by atoms with Crippen LogP contribution in [0.15, 0.2) is 48.5 Å². The molecular formula is C20H17N3O4. The van der Waals surface area contributed by atoms with Gasteiger partial charge in [0.1, 0.15) is 11.5 Å². The zero-order valence-corrected chi connectivity index (χ0v) is 14.6. The van der Waals surface area contributed by atoms with E-state index in [4.69, 9.17) is 5.26 Å². The van der Waals surface area contributed by atoms with Crippen LogP contribution in [-0.4, -0.2) is 24.9 Å². The Bertz CT molecular complexity index is 940. The lowest BCUT2D eigenvalue weighted by atomic mass is 10.0. The second-order valence-corrected chi connectivity index (χ2v) is 6.22. The van der Waals surface area contributed by atoms with Gasteiger partial charge in [0.2, 0.25) is 11.8 Å². The molecule has 27 heavy (non-hydrogen) atoms. The molecule has 2 aromatic carbocycles. The fourth-order valence-corrected chi connectivity index (χ4v) is 2.67. The minimum atomic E-state index is -1.15. The van der Waals surface area contributed by atoms with Crippen molar-refractivity contribution in [3.63, 3.8) is 0 Å². The maximum Gasteiger partial charge on any atom is 0.337 e. The monoisotopic (exact) mass is 363 g/mol. The molecule has 136 valence electrons. The van der Waals surface area contributed by atoms with Crippen molar-refractivity contribution in [2.45, 2.75) is 12.8 Å². The van der Waals surface area contributed by atoms with Crippen LogP contribution in [0, 0.1) is 16.7 Å². The van der Waals surface area contributed by atoms with Gasteiger partial charge in [-0.25, -0.2) is 4.79 Å². The number of anilines is 2. The third-order valence-electron chi connectivity index (χ3n) is 4.48. The second-order valence-electron chi connectivity index (χ2n) is 6.22. The number of amides is 2. The highest BCUT2D eigenvalue weighted by atomic mass is 16.5. The van der Waals surface area contributed by atoms with Crippen molar-refractivity contribution in [2.75, 3.05) is 17.7 Å². The molecule has 0 saturated heterocycles. The minimum absolute atomic E-state index is 0.334. The molecule has 1 aliphatic carbocycles. The summed E-state index contributed by atoms with van der Waals surface area (Å²) in [6.45, 7) is 0. The Balaban J connectivity index is 1.70. The first kappa shape index (κ1) is 18.1. The van der Waals surface area contributed by atoms with Crippen molar-refractivity contribution in [2.24, 2.45) is 5.41 Å². The van der Waals surface area contributed by atoms with E-state index in [1.807, 2.05) is 6.07 Å². The van der Waals surface area contributed by atoms with E-state index in [-0.39, 0.29) is 0 Å². The SMILES string of the molecule is COC(=O)c1ccc(NC(=O)C2(C(=O)Nc3ccccc3C#N)CC2)cc1. The number of nitrogens with zero attached hydrogens (tertiary/aromatic N) is 1. The molecule has 0 radical (unpaired) electrons. The van der Waals surface area contributed by atoms with Gasteiger partial charge >= 0.3 is 5.97 Å². The lowest BCUT2D eigenvalue weighted by Crippen LogP contribution is -2.35. The molecule has 2 amide bonds. The topological polar surface area (TPSA) is 108 Å². The molecule has 0 aliphatic heterocycles. The summed E-state index contributed by atoms with van der Waals surface area (Å²) in [5.41, 5.74) is 0.405. The molecule has 2 N–H and O–H groups in total. The molecular weight excluding hydrogens is 346 g/mol. The molecule has 0 heterocycles. The lowest BCUT2D eigenvalue weighted by molar-refractivity contribution is -0.131. The van der Waals surface area contributed by atoms with E-state index in [0.717, 1.165) is 0 Å². The molecule has 0 atom stereocenters. The van der Waals surface area contributed by atoms with E-state index in [1.165, 1.54) is 19.2 Å². The summed E-state index contributed by atoms with van der Waals surface area (Å²) in [5, 5.41) is 14.5. The molecule has 0 spiro atoms. The maximum atomic E-state index is 12.6. The van der Waals surface area contributed by atoms with E-state index in [2.05, 4.69) is 15.4 Å². The highest BCUT2D eigenvalue weighted by molar-refractivity contribution is 6.17. The fourth-order valence-electron chi connectivity index (χ4n) is 2.67. The molecule has 1 fully saturated rings. The Labute approximate surface area is 155 Å². The van der Waals surface area contributed by atoms with E-state index in [9.17, 15) is 14.4 Å². The van der Waals surface area contributed by atoms with Crippen LogP contribution in [0.25, 0.3) is 0 Å². The summed E-state index contributed by atoms with van der Waals surface area (Å²) >= 11 is 0. The van der Waals surface area contributed by atoms with Crippen molar-refractivity contribution in [3.8, 4) is 6.07 Å². The Morgan fingerprint density at radius 3 is 2.22 bits per heavy atom. The van der Waals surface area contributed by atoms with Crippen LogP contribution >= 0.6 is 0 Å². The molecule has 2 aromatic rings. The van der Waals surface area contributed by atoms with Gasteiger partial charge < -0.3 is 15.4 Å². The molecule has 7 nitrogen and oxygen atoms in total. The van der Waals surface area contributed by atoms with Gasteiger partial charge in [-0.2, -0.15) is 5.26 Å². The van der Waals surface area contributed by atoms with Gasteiger partial charge in [0.05, 0.1) is 23.9 Å². The molecule has 1 saturated carbocycles. The summed E-state index contributed by atoms with van der Waals surface area (Å²) in [5.74, 6) is -1.32. The summed E-state index contributed by atoms with van der Waals surface area (Å²) < 4.78 is 4.63. The van der Waals surface area contributed by atoms with Gasteiger partial charge in [-0.3, -0.25) is 9.59 Å². The molecule has 0 aromatic heterocycles. The smallest absolute Gasteiger partial charge is 0.337 e. The number of esters is 1. The first-order chi connectivity index (χ1) is 13.0. The molecule has 0 unspecified atom stereocenters. The molecule has 7 heteroatoms. The number of methoxy groups -OCH3 is 1. The highest BCUT2D eigenvalue weighted by Crippen LogP contribution is 2.47. The number of carbonyl (C=O) groups excluding carboxylic acids is 3. The quantitative estimate of drug-likeness (QED) is 0.627. The standard InChI is InChI=1S/C20H17N3O4/c1-27-17(24)13-6-8-15(9-7-13)22-18(25)20(10-11-20)19(26)23-16-5-3-2-4-14(16)12-21/h2-9H,10-11H2,1H3,(H,22,25)(H,23,26).